The Bertz CT molecular complexity index is 601. The molecule has 1 amide bonds. The Morgan fingerprint density at radius 2 is 2.13 bits per heavy atom. The molecule has 0 N–H and O–H groups in total. The summed E-state index contributed by atoms with van der Waals surface area (Å²) in [5.74, 6) is 0.0485. The van der Waals surface area contributed by atoms with Crippen molar-refractivity contribution >= 4 is 5.91 Å². The summed E-state index contributed by atoms with van der Waals surface area (Å²) >= 11 is 0. The largest absolute Gasteiger partial charge is 0.376 e. The van der Waals surface area contributed by atoms with Gasteiger partial charge in [-0.2, -0.15) is 0 Å². The van der Waals surface area contributed by atoms with E-state index in [1.807, 2.05) is 26.8 Å². The van der Waals surface area contributed by atoms with Crippen molar-refractivity contribution in [2.75, 3.05) is 19.7 Å². The highest BCUT2D eigenvalue weighted by Crippen LogP contribution is 2.16. The summed E-state index contributed by atoms with van der Waals surface area (Å²) in [6.45, 7) is 7.91. The van der Waals surface area contributed by atoms with Crippen LogP contribution in [-0.2, 0) is 11.8 Å². The molecule has 0 bridgehead atoms. The van der Waals surface area contributed by atoms with Crippen molar-refractivity contribution in [1.82, 2.24) is 9.47 Å². The Labute approximate surface area is 138 Å². The second-order valence-corrected chi connectivity index (χ2v) is 6.52. The van der Waals surface area contributed by atoms with E-state index in [1.54, 1.807) is 22.6 Å². The van der Waals surface area contributed by atoms with Gasteiger partial charge in [0, 0.05) is 32.4 Å². The maximum absolute atomic E-state index is 12.8. The van der Waals surface area contributed by atoms with E-state index in [1.165, 1.54) is 0 Å². The van der Waals surface area contributed by atoms with E-state index in [-0.39, 0.29) is 29.1 Å². The monoisotopic (exact) mass is 320 g/mol. The van der Waals surface area contributed by atoms with Gasteiger partial charge in [0.2, 0.25) is 0 Å². The zero-order valence-corrected chi connectivity index (χ0v) is 14.7. The summed E-state index contributed by atoms with van der Waals surface area (Å²) < 4.78 is 7.31. The first kappa shape index (κ1) is 17.7. The molecule has 2 rings (SSSR count). The molecule has 1 aromatic heterocycles. The minimum atomic E-state index is -0.218. The molecule has 1 saturated heterocycles. The van der Waals surface area contributed by atoms with Gasteiger partial charge in [0.25, 0.3) is 11.5 Å². The fraction of sp³-hybridized carbons (Fsp3) is 0.667. The van der Waals surface area contributed by atoms with E-state index < -0.39 is 0 Å². The summed E-state index contributed by atoms with van der Waals surface area (Å²) in [5, 5.41) is 0. The maximum Gasteiger partial charge on any atom is 0.263 e. The Hall–Kier alpha value is -1.62. The van der Waals surface area contributed by atoms with Crippen LogP contribution in [0, 0.1) is 0 Å². The molecule has 5 heteroatoms. The molecule has 2 heterocycles. The lowest BCUT2D eigenvalue weighted by atomic mass is 10.1. The van der Waals surface area contributed by atoms with E-state index in [4.69, 9.17) is 4.74 Å². The first-order valence-electron chi connectivity index (χ1n) is 8.56. The van der Waals surface area contributed by atoms with Crippen LogP contribution in [0.1, 0.15) is 62.0 Å². The highest BCUT2D eigenvalue weighted by molar-refractivity contribution is 5.93. The molecule has 0 saturated carbocycles. The Kier molecular flexibility index (Phi) is 5.99. The van der Waals surface area contributed by atoms with Crippen molar-refractivity contribution in [2.24, 2.45) is 7.05 Å². The molecular weight excluding hydrogens is 292 g/mol. The van der Waals surface area contributed by atoms with Crippen molar-refractivity contribution in [3.8, 4) is 0 Å². The van der Waals surface area contributed by atoms with Crippen LogP contribution in [0.2, 0.25) is 0 Å². The van der Waals surface area contributed by atoms with E-state index >= 15 is 0 Å². The lowest BCUT2D eigenvalue weighted by Crippen LogP contribution is -2.42. The Morgan fingerprint density at radius 3 is 2.70 bits per heavy atom. The summed E-state index contributed by atoms with van der Waals surface area (Å²) in [7, 11) is 1.73. The van der Waals surface area contributed by atoms with Crippen molar-refractivity contribution in [2.45, 2.75) is 52.1 Å². The summed E-state index contributed by atoms with van der Waals surface area (Å²) in [5.41, 5.74) is 0.962. The number of amides is 1. The fourth-order valence-corrected chi connectivity index (χ4v) is 3.12. The molecule has 1 aliphatic rings. The number of carbonyl (C=O) groups excluding carboxylic acids is 1. The molecule has 0 aromatic carbocycles. The normalized spacial score (nSPS) is 18.2. The number of hydrogen-bond acceptors (Lipinski definition) is 3. The molecule has 1 aliphatic heterocycles. The van der Waals surface area contributed by atoms with Gasteiger partial charge in [-0.15, -0.1) is 0 Å². The number of rotatable bonds is 5. The first-order chi connectivity index (χ1) is 11.0. The van der Waals surface area contributed by atoms with Crippen LogP contribution >= 0.6 is 0 Å². The molecule has 1 fully saturated rings. The van der Waals surface area contributed by atoms with E-state index in [0.29, 0.717) is 13.1 Å². The number of ether oxygens (including phenoxy) is 1. The Morgan fingerprint density at radius 1 is 1.39 bits per heavy atom. The van der Waals surface area contributed by atoms with Crippen LogP contribution in [0.15, 0.2) is 16.9 Å². The van der Waals surface area contributed by atoms with E-state index in [2.05, 4.69) is 0 Å². The highest BCUT2D eigenvalue weighted by atomic mass is 16.5. The van der Waals surface area contributed by atoms with Crippen molar-refractivity contribution in [3.05, 3.63) is 33.7 Å². The molecule has 5 nitrogen and oxygen atoms in total. The molecule has 0 unspecified atom stereocenters. The smallest absolute Gasteiger partial charge is 0.263 e. The van der Waals surface area contributed by atoms with Gasteiger partial charge in [-0.3, -0.25) is 9.59 Å². The van der Waals surface area contributed by atoms with Crippen LogP contribution in [0.3, 0.4) is 0 Å². The number of pyridine rings is 1. The average Bonchev–Trinajstić information content (AvgIpc) is 2.55. The number of aromatic nitrogens is 1. The first-order valence-corrected chi connectivity index (χ1v) is 8.56. The second kappa shape index (κ2) is 7.77. The van der Waals surface area contributed by atoms with Gasteiger partial charge in [-0.1, -0.05) is 13.8 Å². The third kappa shape index (κ3) is 4.02. The quantitative estimate of drug-likeness (QED) is 0.838. The Balaban J connectivity index is 2.20. The molecule has 23 heavy (non-hydrogen) atoms. The summed E-state index contributed by atoms with van der Waals surface area (Å²) in [6, 6.07) is 3.55. The number of carbonyl (C=O) groups is 1. The number of likely N-dealkylation sites (N-methyl/N-ethyl adjacent to an activating group) is 1. The molecule has 0 aliphatic carbocycles. The maximum atomic E-state index is 12.8. The van der Waals surface area contributed by atoms with Crippen molar-refractivity contribution in [1.29, 1.82) is 0 Å². The topological polar surface area (TPSA) is 51.5 Å². The standard InChI is InChI=1S/C18H28N2O3/c1-5-20(12-14-8-6-7-11-23-14)18(22)15-9-10-16(13(2)3)19(4)17(15)21/h9-10,13-14H,5-8,11-12H2,1-4H3/t14-/m0/s1. The summed E-state index contributed by atoms with van der Waals surface area (Å²) in [6.07, 6.45) is 3.30. The van der Waals surface area contributed by atoms with Gasteiger partial charge < -0.3 is 14.2 Å². The SMILES string of the molecule is CCN(C[C@@H]1CCCCO1)C(=O)c1ccc(C(C)C)n(C)c1=O. The van der Waals surface area contributed by atoms with Crippen molar-refractivity contribution in [3.63, 3.8) is 0 Å². The number of nitrogens with zero attached hydrogens (tertiary/aromatic N) is 2. The van der Waals surface area contributed by atoms with Crippen molar-refractivity contribution < 1.29 is 9.53 Å². The predicted octanol–water partition coefficient (Wildman–Crippen LogP) is 2.54. The van der Waals surface area contributed by atoms with Crippen LogP contribution < -0.4 is 5.56 Å². The average molecular weight is 320 g/mol. The van der Waals surface area contributed by atoms with Gasteiger partial charge in [0.1, 0.15) is 5.56 Å². The molecule has 0 spiro atoms. The van der Waals surface area contributed by atoms with Gasteiger partial charge in [0.15, 0.2) is 0 Å². The third-order valence-electron chi connectivity index (χ3n) is 4.53. The van der Waals surface area contributed by atoms with Crippen LogP contribution in [0.5, 0.6) is 0 Å². The van der Waals surface area contributed by atoms with Gasteiger partial charge in [0.05, 0.1) is 6.10 Å². The molecule has 0 radical (unpaired) electrons. The van der Waals surface area contributed by atoms with Crippen LogP contribution in [0.4, 0.5) is 0 Å². The zero-order valence-electron chi connectivity index (χ0n) is 14.7. The second-order valence-electron chi connectivity index (χ2n) is 6.52. The van der Waals surface area contributed by atoms with Gasteiger partial charge >= 0.3 is 0 Å². The van der Waals surface area contributed by atoms with Crippen LogP contribution in [0.25, 0.3) is 0 Å². The van der Waals surface area contributed by atoms with E-state index in [0.717, 1.165) is 31.6 Å². The minimum absolute atomic E-state index is 0.0893. The molecule has 1 atom stereocenters. The number of hydrogen-bond donors (Lipinski definition) is 0. The highest BCUT2D eigenvalue weighted by Gasteiger charge is 2.24. The predicted molar refractivity (Wildman–Crippen MR) is 90.9 cm³/mol. The van der Waals surface area contributed by atoms with Gasteiger partial charge in [-0.25, -0.2) is 0 Å². The van der Waals surface area contributed by atoms with Crippen LogP contribution in [-0.4, -0.2) is 41.2 Å². The lowest BCUT2D eigenvalue weighted by Gasteiger charge is -2.29. The lowest BCUT2D eigenvalue weighted by molar-refractivity contribution is -0.00316. The molecular formula is C18H28N2O3. The summed E-state index contributed by atoms with van der Waals surface area (Å²) in [4.78, 5) is 27.0. The molecule has 1 aromatic rings. The van der Waals surface area contributed by atoms with Gasteiger partial charge in [-0.05, 0) is 44.2 Å². The van der Waals surface area contributed by atoms with E-state index in [9.17, 15) is 9.59 Å². The molecule has 128 valence electrons. The minimum Gasteiger partial charge on any atom is -0.376 e. The third-order valence-corrected chi connectivity index (χ3v) is 4.53. The fourth-order valence-electron chi connectivity index (χ4n) is 3.12. The zero-order chi connectivity index (χ0) is 17.0.